The molecule has 0 saturated heterocycles. The number of rotatable bonds is 6. The van der Waals surface area contributed by atoms with Gasteiger partial charge < -0.3 is 15.2 Å². The van der Waals surface area contributed by atoms with Gasteiger partial charge in [-0.2, -0.15) is 0 Å². The van der Waals surface area contributed by atoms with Crippen LogP contribution >= 0.6 is 0 Å². The standard InChI is InChI=1S/C19H20N2O6/c1-19(2,3)27-17(22)11-20-15-7-5-4-6-13(15)12-8-9-14(18(23)24)16(10-12)21(25)26/h4-10,20H,11H2,1-3H3,(H,23,24). The van der Waals surface area contributed by atoms with Crippen molar-refractivity contribution >= 4 is 23.3 Å². The Bertz CT molecular complexity index is 886. The molecule has 0 radical (unpaired) electrons. The maximum Gasteiger partial charge on any atom is 0.342 e. The Morgan fingerprint density at radius 3 is 2.44 bits per heavy atom. The maximum atomic E-state index is 11.9. The van der Waals surface area contributed by atoms with Crippen LogP contribution in [0.4, 0.5) is 11.4 Å². The summed E-state index contributed by atoms with van der Waals surface area (Å²) in [5, 5.41) is 23.3. The van der Waals surface area contributed by atoms with Gasteiger partial charge >= 0.3 is 11.9 Å². The van der Waals surface area contributed by atoms with Gasteiger partial charge in [0.2, 0.25) is 0 Å². The van der Waals surface area contributed by atoms with Crippen LogP contribution in [0.5, 0.6) is 0 Å². The molecule has 0 aliphatic heterocycles. The first-order valence-electron chi connectivity index (χ1n) is 8.15. The minimum absolute atomic E-state index is 0.0798. The first kappa shape index (κ1) is 19.9. The van der Waals surface area contributed by atoms with Gasteiger partial charge in [0.25, 0.3) is 5.69 Å². The van der Waals surface area contributed by atoms with Crippen LogP contribution in [0.15, 0.2) is 42.5 Å². The number of anilines is 1. The van der Waals surface area contributed by atoms with Crippen molar-refractivity contribution < 1.29 is 24.4 Å². The molecule has 2 aromatic rings. The third-order valence-corrected chi connectivity index (χ3v) is 3.51. The molecule has 0 unspecified atom stereocenters. The van der Waals surface area contributed by atoms with Gasteiger partial charge in [-0.15, -0.1) is 0 Å². The van der Waals surface area contributed by atoms with Gasteiger partial charge in [-0.3, -0.25) is 14.9 Å². The lowest BCUT2D eigenvalue weighted by Gasteiger charge is -2.20. The largest absolute Gasteiger partial charge is 0.477 e. The molecule has 0 bridgehead atoms. The summed E-state index contributed by atoms with van der Waals surface area (Å²) < 4.78 is 5.24. The lowest BCUT2D eigenvalue weighted by atomic mass is 10.0. The van der Waals surface area contributed by atoms with Crippen molar-refractivity contribution in [1.82, 2.24) is 0 Å². The first-order chi connectivity index (χ1) is 12.6. The number of carbonyl (C=O) groups excluding carboxylic acids is 1. The number of nitro benzene ring substituents is 1. The topological polar surface area (TPSA) is 119 Å². The van der Waals surface area contributed by atoms with Gasteiger partial charge in [-0.05, 0) is 38.5 Å². The van der Waals surface area contributed by atoms with E-state index < -0.39 is 28.2 Å². The fourth-order valence-corrected chi connectivity index (χ4v) is 2.47. The third-order valence-electron chi connectivity index (χ3n) is 3.51. The molecule has 0 spiro atoms. The van der Waals surface area contributed by atoms with Crippen LogP contribution in [-0.2, 0) is 9.53 Å². The van der Waals surface area contributed by atoms with Gasteiger partial charge in [0.05, 0.1) is 4.92 Å². The zero-order valence-electron chi connectivity index (χ0n) is 15.2. The fraction of sp³-hybridized carbons (Fsp3) is 0.263. The Hall–Kier alpha value is -3.42. The van der Waals surface area contributed by atoms with E-state index in [1.165, 1.54) is 18.2 Å². The zero-order chi connectivity index (χ0) is 20.2. The van der Waals surface area contributed by atoms with Crippen LogP contribution in [0.25, 0.3) is 11.1 Å². The van der Waals surface area contributed by atoms with Gasteiger partial charge in [0.1, 0.15) is 17.7 Å². The molecule has 0 aliphatic carbocycles. The second kappa shape index (κ2) is 7.86. The summed E-state index contributed by atoms with van der Waals surface area (Å²) in [5.41, 5.74) is 0.136. The summed E-state index contributed by atoms with van der Waals surface area (Å²) in [5.74, 6) is -1.81. The van der Waals surface area contributed by atoms with Crippen molar-refractivity contribution in [2.24, 2.45) is 0 Å². The van der Waals surface area contributed by atoms with Gasteiger partial charge in [-0.1, -0.05) is 24.3 Å². The number of carboxylic acids is 1. The van der Waals surface area contributed by atoms with E-state index in [2.05, 4.69) is 5.32 Å². The van der Waals surface area contributed by atoms with E-state index in [0.717, 1.165) is 0 Å². The van der Waals surface area contributed by atoms with Crippen molar-refractivity contribution in [3.8, 4) is 11.1 Å². The van der Waals surface area contributed by atoms with E-state index in [0.29, 0.717) is 16.8 Å². The molecule has 0 saturated carbocycles. The molecule has 0 aliphatic rings. The van der Waals surface area contributed by atoms with Crippen LogP contribution in [0.2, 0.25) is 0 Å². The minimum Gasteiger partial charge on any atom is -0.477 e. The number of nitrogens with one attached hydrogen (secondary N) is 1. The predicted octanol–water partition coefficient (Wildman–Crippen LogP) is 3.71. The normalized spacial score (nSPS) is 10.9. The van der Waals surface area contributed by atoms with Gasteiger partial charge in [0, 0.05) is 17.3 Å². The minimum atomic E-state index is -1.37. The SMILES string of the molecule is CC(C)(C)OC(=O)CNc1ccccc1-c1ccc(C(=O)O)c([N+](=O)[O-])c1. The highest BCUT2D eigenvalue weighted by Gasteiger charge is 2.21. The number of hydrogen-bond acceptors (Lipinski definition) is 6. The Labute approximate surface area is 155 Å². The van der Waals surface area contributed by atoms with Crippen LogP contribution in [0.3, 0.4) is 0 Å². The Balaban J connectivity index is 2.33. The van der Waals surface area contributed by atoms with E-state index >= 15 is 0 Å². The van der Waals surface area contributed by atoms with Crippen LogP contribution in [-0.4, -0.2) is 34.1 Å². The molecule has 0 aromatic heterocycles. The Morgan fingerprint density at radius 1 is 1.19 bits per heavy atom. The summed E-state index contributed by atoms with van der Waals surface area (Å²) in [6, 6.07) is 10.8. The van der Waals surface area contributed by atoms with Gasteiger partial charge in [0.15, 0.2) is 0 Å². The molecular formula is C19H20N2O6. The number of nitrogens with zero attached hydrogens (tertiary/aromatic N) is 1. The first-order valence-corrected chi connectivity index (χ1v) is 8.15. The van der Waals surface area contributed by atoms with Crippen LogP contribution in [0, 0.1) is 10.1 Å². The lowest BCUT2D eigenvalue weighted by molar-refractivity contribution is -0.385. The maximum absolute atomic E-state index is 11.9. The van der Waals surface area contributed by atoms with Crippen molar-refractivity contribution in [3.05, 3.63) is 58.1 Å². The summed E-state index contributed by atoms with van der Waals surface area (Å²) in [4.78, 5) is 33.5. The summed E-state index contributed by atoms with van der Waals surface area (Å²) in [7, 11) is 0. The number of aromatic carboxylic acids is 1. The number of carbonyl (C=O) groups is 2. The molecule has 2 N–H and O–H groups in total. The molecule has 0 fully saturated rings. The number of benzene rings is 2. The van der Waals surface area contributed by atoms with Crippen LogP contribution < -0.4 is 5.32 Å². The van der Waals surface area contributed by atoms with E-state index in [1.54, 1.807) is 45.0 Å². The molecule has 0 heterocycles. The van der Waals surface area contributed by atoms with Crippen LogP contribution in [0.1, 0.15) is 31.1 Å². The second-order valence-electron chi connectivity index (χ2n) is 6.78. The predicted molar refractivity (Wildman–Crippen MR) is 99.8 cm³/mol. The molecular weight excluding hydrogens is 352 g/mol. The number of ether oxygens (including phenoxy) is 1. The number of para-hydroxylation sites is 1. The van der Waals surface area contributed by atoms with E-state index in [4.69, 9.17) is 9.84 Å². The third kappa shape index (κ3) is 5.27. The smallest absolute Gasteiger partial charge is 0.342 e. The summed E-state index contributed by atoms with van der Waals surface area (Å²) >= 11 is 0. The molecule has 142 valence electrons. The van der Waals surface area contributed by atoms with Crippen molar-refractivity contribution in [3.63, 3.8) is 0 Å². The van der Waals surface area contributed by atoms with Crippen molar-refractivity contribution in [2.75, 3.05) is 11.9 Å². The lowest BCUT2D eigenvalue weighted by Crippen LogP contribution is -2.28. The molecule has 27 heavy (non-hydrogen) atoms. The van der Waals surface area contributed by atoms with Gasteiger partial charge in [-0.25, -0.2) is 4.79 Å². The molecule has 2 aromatic carbocycles. The Kier molecular flexibility index (Phi) is 5.79. The summed E-state index contributed by atoms with van der Waals surface area (Å²) in [6.07, 6.45) is 0. The fourth-order valence-electron chi connectivity index (χ4n) is 2.47. The number of carboxylic acid groups (broad SMARTS) is 1. The molecule has 0 amide bonds. The number of hydrogen-bond donors (Lipinski definition) is 2. The number of esters is 1. The zero-order valence-corrected chi connectivity index (χ0v) is 15.2. The van der Waals surface area contributed by atoms with Crippen molar-refractivity contribution in [2.45, 2.75) is 26.4 Å². The average molecular weight is 372 g/mol. The van der Waals surface area contributed by atoms with E-state index in [-0.39, 0.29) is 12.1 Å². The van der Waals surface area contributed by atoms with E-state index in [1.807, 2.05) is 0 Å². The number of nitro groups is 1. The highest BCUT2D eigenvalue weighted by Crippen LogP contribution is 2.32. The highest BCUT2D eigenvalue weighted by atomic mass is 16.6. The van der Waals surface area contributed by atoms with Crippen molar-refractivity contribution in [1.29, 1.82) is 0 Å². The molecule has 2 rings (SSSR count). The monoisotopic (exact) mass is 372 g/mol. The second-order valence-corrected chi connectivity index (χ2v) is 6.78. The molecule has 0 atom stereocenters. The quantitative estimate of drug-likeness (QED) is 0.450. The van der Waals surface area contributed by atoms with E-state index in [9.17, 15) is 19.7 Å². The highest BCUT2D eigenvalue weighted by molar-refractivity contribution is 5.94. The molecule has 8 heteroatoms. The molecule has 8 nitrogen and oxygen atoms in total. The Morgan fingerprint density at radius 2 is 1.85 bits per heavy atom. The summed E-state index contributed by atoms with van der Waals surface area (Å²) in [6.45, 7) is 5.22. The average Bonchev–Trinajstić information content (AvgIpc) is 2.58.